The SMILES string of the molecule is COc1ccc(NC(=O)Cc2ccc3c(c2)CCCO3)cc1. The van der Waals surface area contributed by atoms with Crippen LogP contribution in [0.25, 0.3) is 0 Å². The molecule has 1 aliphatic rings. The zero-order valence-corrected chi connectivity index (χ0v) is 12.6. The molecule has 0 saturated heterocycles. The maximum absolute atomic E-state index is 12.1. The molecule has 0 aliphatic carbocycles. The zero-order valence-electron chi connectivity index (χ0n) is 12.6. The molecule has 1 N–H and O–H groups in total. The van der Waals surface area contributed by atoms with Gasteiger partial charge in [-0.2, -0.15) is 0 Å². The van der Waals surface area contributed by atoms with E-state index in [4.69, 9.17) is 9.47 Å². The molecule has 2 aromatic rings. The Balaban J connectivity index is 1.63. The van der Waals surface area contributed by atoms with Gasteiger partial charge in [-0.1, -0.05) is 12.1 Å². The summed E-state index contributed by atoms with van der Waals surface area (Å²) in [6, 6.07) is 13.3. The number of amides is 1. The van der Waals surface area contributed by atoms with E-state index in [1.165, 1.54) is 5.56 Å². The van der Waals surface area contributed by atoms with Crippen molar-refractivity contribution in [2.24, 2.45) is 0 Å². The fourth-order valence-corrected chi connectivity index (χ4v) is 2.59. The Kier molecular flexibility index (Phi) is 4.28. The lowest BCUT2D eigenvalue weighted by molar-refractivity contribution is -0.115. The van der Waals surface area contributed by atoms with Crippen molar-refractivity contribution in [3.8, 4) is 11.5 Å². The van der Waals surface area contributed by atoms with Gasteiger partial charge in [-0.05, 0) is 54.3 Å². The summed E-state index contributed by atoms with van der Waals surface area (Å²) in [5.74, 6) is 1.69. The highest BCUT2D eigenvalue weighted by Crippen LogP contribution is 2.25. The number of hydrogen-bond donors (Lipinski definition) is 1. The van der Waals surface area contributed by atoms with E-state index in [-0.39, 0.29) is 5.91 Å². The van der Waals surface area contributed by atoms with E-state index >= 15 is 0 Å². The number of aryl methyl sites for hydroxylation is 1. The van der Waals surface area contributed by atoms with Crippen LogP contribution in [0.4, 0.5) is 5.69 Å². The third-order valence-corrected chi connectivity index (χ3v) is 3.71. The van der Waals surface area contributed by atoms with Crippen LogP contribution in [0.1, 0.15) is 17.5 Å². The fraction of sp³-hybridized carbons (Fsp3) is 0.278. The molecular formula is C18H19NO3. The van der Waals surface area contributed by atoms with Crippen LogP contribution >= 0.6 is 0 Å². The number of methoxy groups -OCH3 is 1. The molecule has 0 aromatic heterocycles. The van der Waals surface area contributed by atoms with Gasteiger partial charge in [0.25, 0.3) is 0 Å². The Bertz CT molecular complexity index is 665. The topological polar surface area (TPSA) is 47.6 Å². The average molecular weight is 297 g/mol. The van der Waals surface area contributed by atoms with E-state index < -0.39 is 0 Å². The first-order valence-corrected chi connectivity index (χ1v) is 7.43. The normalized spacial score (nSPS) is 13.0. The highest BCUT2D eigenvalue weighted by Gasteiger charge is 2.12. The maximum atomic E-state index is 12.1. The van der Waals surface area contributed by atoms with Gasteiger partial charge in [-0.25, -0.2) is 0 Å². The predicted octanol–water partition coefficient (Wildman–Crippen LogP) is 3.20. The monoisotopic (exact) mass is 297 g/mol. The van der Waals surface area contributed by atoms with Gasteiger partial charge in [0, 0.05) is 5.69 Å². The number of nitrogens with one attached hydrogen (secondary N) is 1. The van der Waals surface area contributed by atoms with Crippen molar-refractivity contribution in [1.29, 1.82) is 0 Å². The molecule has 1 aliphatic heterocycles. The molecule has 3 rings (SSSR count). The molecule has 4 heteroatoms. The van der Waals surface area contributed by atoms with Crippen LogP contribution in [-0.4, -0.2) is 19.6 Å². The van der Waals surface area contributed by atoms with Crippen LogP contribution in [0.5, 0.6) is 11.5 Å². The van der Waals surface area contributed by atoms with Gasteiger partial charge in [-0.15, -0.1) is 0 Å². The van der Waals surface area contributed by atoms with E-state index in [0.717, 1.165) is 42.2 Å². The minimum absolute atomic E-state index is 0.0261. The molecule has 22 heavy (non-hydrogen) atoms. The standard InChI is InChI=1S/C18H19NO3/c1-21-16-7-5-15(6-8-16)19-18(20)12-13-4-9-17-14(11-13)3-2-10-22-17/h4-9,11H,2-3,10,12H2,1H3,(H,19,20). The van der Waals surface area contributed by atoms with Gasteiger partial charge >= 0.3 is 0 Å². The molecule has 4 nitrogen and oxygen atoms in total. The lowest BCUT2D eigenvalue weighted by atomic mass is 10.0. The van der Waals surface area contributed by atoms with Crippen LogP contribution in [0, 0.1) is 0 Å². The van der Waals surface area contributed by atoms with Crippen LogP contribution < -0.4 is 14.8 Å². The Morgan fingerprint density at radius 1 is 1.23 bits per heavy atom. The van der Waals surface area contributed by atoms with E-state index in [2.05, 4.69) is 11.4 Å². The van der Waals surface area contributed by atoms with Crippen molar-refractivity contribution in [2.45, 2.75) is 19.3 Å². The summed E-state index contributed by atoms with van der Waals surface area (Å²) in [6.45, 7) is 0.782. The first-order chi connectivity index (χ1) is 10.7. The first-order valence-electron chi connectivity index (χ1n) is 7.43. The summed E-state index contributed by atoms with van der Waals surface area (Å²) in [5, 5.41) is 2.90. The number of benzene rings is 2. The largest absolute Gasteiger partial charge is 0.497 e. The molecule has 0 bridgehead atoms. The smallest absolute Gasteiger partial charge is 0.228 e. The van der Waals surface area contributed by atoms with Gasteiger partial charge in [0.2, 0.25) is 5.91 Å². The Hall–Kier alpha value is -2.49. The van der Waals surface area contributed by atoms with E-state index in [9.17, 15) is 4.79 Å². The number of carbonyl (C=O) groups is 1. The molecule has 114 valence electrons. The van der Waals surface area contributed by atoms with Gasteiger partial charge in [0.1, 0.15) is 11.5 Å². The quantitative estimate of drug-likeness (QED) is 0.942. The first kappa shape index (κ1) is 14.4. The van der Waals surface area contributed by atoms with Crippen molar-refractivity contribution in [1.82, 2.24) is 0 Å². The predicted molar refractivity (Wildman–Crippen MR) is 85.6 cm³/mol. The molecule has 0 radical (unpaired) electrons. The molecule has 0 fully saturated rings. The van der Waals surface area contributed by atoms with E-state index in [1.807, 2.05) is 36.4 Å². The number of rotatable bonds is 4. The maximum Gasteiger partial charge on any atom is 0.228 e. The number of fused-ring (bicyclic) bond motifs is 1. The van der Waals surface area contributed by atoms with E-state index in [1.54, 1.807) is 7.11 Å². The van der Waals surface area contributed by atoms with Crippen LogP contribution in [0.2, 0.25) is 0 Å². The molecular weight excluding hydrogens is 278 g/mol. The zero-order chi connectivity index (χ0) is 15.4. The minimum atomic E-state index is -0.0261. The van der Waals surface area contributed by atoms with Crippen LogP contribution in [-0.2, 0) is 17.6 Å². The third-order valence-electron chi connectivity index (χ3n) is 3.71. The van der Waals surface area contributed by atoms with Crippen molar-refractivity contribution in [3.63, 3.8) is 0 Å². The number of ether oxygens (including phenoxy) is 2. The molecule has 1 heterocycles. The summed E-state index contributed by atoms with van der Waals surface area (Å²) in [4.78, 5) is 12.1. The molecule has 0 atom stereocenters. The number of anilines is 1. The molecule has 2 aromatic carbocycles. The summed E-state index contributed by atoms with van der Waals surface area (Å²) >= 11 is 0. The minimum Gasteiger partial charge on any atom is -0.497 e. The molecule has 0 spiro atoms. The van der Waals surface area contributed by atoms with Gasteiger partial charge in [-0.3, -0.25) is 4.79 Å². The second-order valence-corrected chi connectivity index (χ2v) is 5.35. The van der Waals surface area contributed by atoms with Crippen molar-refractivity contribution < 1.29 is 14.3 Å². The number of hydrogen-bond acceptors (Lipinski definition) is 3. The summed E-state index contributed by atoms with van der Waals surface area (Å²) in [7, 11) is 1.62. The molecule has 0 unspecified atom stereocenters. The Morgan fingerprint density at radius 3 is 2.82 bits per heavy atom. The fourth-order valence-electron chi connectivity index (χ4n) is 2.59. The third kappa shape index (κ3) is 3.39. The van der Waals surface area contributed by atoms with E-state index in [0.29, 0.717) is 6.42 Å². The van der Waals surface area contributed by atoms with Crippen LogP contribution in [0.3, 0.4) is 0 Å². The van der Waals surface area contributed by atoms with Gasteiger partial charge < -0.3 is 14.8 Å². The van der Waals surface area contributed by atoms with Gasteiger partial charge in [0.15, 0.2) is 0 Å². The Labute approximate surface area is 130 Å². The highest BCUT2D eigenvalue weighted by molar-refractivity contribution is 5.92. The van der Waals surface area contributed by atoms with Crippen LogP contribution in [0.15, 0.2) is 42.5 Å². The highest BCUT2D eigenvalue weighted by atomic mass is 16.5. The second kappa shape index (κ2) is 6.52. The lowest BCUT2D eigenvalue weighted by Crippen LogP contribution is -2.15. The second-order valence-electron chi connectivity index (χ2n) is 5.35. The number of carbonyl (C=O) groups excluding carboxylic acids is 1. The van der Waals surface area contributed by atoms with Gasteiger partial charge in [0.05, 0.1) is 20.1 Å². The average Bonchev–Trinajstić information content (AvgIpc) is 2.55. The summed E-state index contributed by atoms with van der Waals surface area (Å²) in [6.07, 6.45) is 2.41. The molecule has 0 saturated carbocycles. The van der Waals surface area contributed by atoms with Crippen molar-refractivity contribution in [2.75, 3.05) is 19.0 Å². The van der Waals surface area contributed by atoms with Crippen molar-refractivity contribution >= 4 is 11.6 Å². The lowest BCUT2D eigenvalue weighted by Gasteiger charge is -2.17. The Morgan fingerprint density at radius 2 is 2.05 bits per heavy atom. The summed E-state index contributed by atoms with van der Waals surface area (Å²) < 4.78 is 10.7. The summed E-state index contributed by atoms with van der Waals surface area (Å²) in [5.41, 5.74) is 2.98. The van der Waals surface area contributed by atoms with Crippen molar-refractivity contribution in [3.05, 3.63) is 53.6 Å². The molecule has 1 amide bonds.